The van der Waals surface area contributed by atoms with E-state index in [0.29, 0.717) is 0 Å². The molecule has 4 amide bonds. The fourth-order valence-corrected chi connectivity index (χ4v) is 2.67. The number of carbonyl (C=O) groups excluding carboxylic acids is 4. The average Bonchev–Trinajstić information content (AvgIpc) is 2.71. The molecule has 0 heterocycles. The molecule has 0 aliphatic rings. The number of hydrogen-bond acceptors (Lipinski definition) is 8. The van der Waals surface area contributed by atoms with Crippen molar-refractivity contribution >= 4 is 35.6 Å². The second kappa shape index (κ2) is 14.6. The predicted octanol–water partition coefficient (Wildman–Crippen LogP) is -4.18. The van der Waals surface area contributed by atoms with Gasteiger partial charge in [-0.15, -0.1) is 0 Å². The van der Waals surface area contributed by atoms with Crippen LogP contribution in [0, 0.1) is 5.92 Å². The lowest BCUT2D eigenvalue weighted by Gasteiger charge is -2.25. The van der Waals surface area contributed by atoms with E-state index in [-0.39, 0.29) is 31.3 Å². The summed E-state index contributed by atoms with van der Waals surface area (Å²) in [4.78, 5) is 64.3. The second-order valence-electron chi connectivity index (χ2n) is 8.08. The zero-order valence-electron chi connectivity index (χ0n) is 19.5. The van der Waals surface area contributed by atoms with Crippen LogP contribution in [0.15, 0.2) is 4.99 Å². The molecule has 34 heavy (non-hydrogen) atoms. The molecule has 15 nitrogen and oxygen atoms in total. The Kier molecular flexibility index (Phi) is 13.2. The van der Waals surface area contributed by atoms with Crippen LogP contribution in [-0.2, 0) is 24.0 Å². The number of carbonyl (C=O) groups is 5. The number of nitrogens with one attached hydrogen (secondary N) is 3. The molecular formula is C19H36N8O7. The van der Waals surface area contributed by atoms with Gasteiger partial charge in [0.05, 0.1) is 18.6 Å². The van der Waals surface area contributed by atoms with Crippen LogP contribution in [0.3, 0.4) is 0 Å². The molecule has 0 aromatic rings. The molecule has 15 heteroatoms. The maximum Gasteiger partial charge on any atom is 0.328 e. The highest BCUT2D eigenvalue weighted by molar-refractivity contribution is 5.96. The van der Waals surface area contributed by atoms with Crippen molar-refractivity contribution in [2.75, 3.05) is 6.54 Å². The van der Waals surface area contributed by atoms with Gasteiger partial charge in [-0.3, -0.25) is 24.2 Å². The maximum atomic E-state index is 12.8. The molecular weight excluding hydrogens is 452 g/mol. The zero-order valence-corrected chi connectivity index (χ0v) is 19.5. The molecule has 0 rings (SSSR count). The molecule has 0 bridgehead atoms. The Morgan fingerprint density at radius 3 is 1.85 bits per heavy atom. The van der Waals surface area contributed by atoms with Crippen LogP contribution in [0.4, 0.5) is 0 Å². The molecule has 0 saturated heterocycles. The van der Waals surface area contributed by atoms with Gasteiger partial charge in [-0.1, -0.05) is 13.8 Å². The summed E-state index contributed by atoms with van der Waals surface area (Å²) in [6.45, 7) is 4.64. The number of aliphatic imine (C=N–C) groups is 1. The predicted molar refractivity (Wildman–Crippen MR) is 122 cm³/mol. The topological polar surface area (TPSA) is 278 Å². The minimum Gasteiger partial charge on any atom is -0.480 e. The van der Waals surface area contributed by atoms with Gasteiger partial charge in [0.1, 0.15) is 12.1 Å². The number of aliphatic hydroxyl groups excluding tert-OH is 1. The first-order valence-corrected chi connectivity index (χ1v) is 10.6. The number of aliphatic hydroxyl groups is 1. The van der Waals surface area contributed by atoms with E-state index in [9.17, 15) is 34.2 Å². The van der Waals surface area contributed by atoms with E-state index in [2.05, 4.69) is 20.9 Å². The van der Waals surface area contributed by atoms with Crippen molar-refractivity contribution in [3.05, 3.63) is 0 Å². The minimum absolute atomic E-state index is 0.0384. The third-order valence-corrected chi connectivity index (χ3v) is 4.68. The van der Waals surface area contributed by atoms with Crippen molar-refractivity contribution < 1.29 is 34.2 Å². The normalized spacial score (nSPS) is 15.2. The lowest BCUT2D eigenvalue weighted by molar-refractivity contribution is -0.145. The van der Waals surface area contributed by atoms with Crippen molar-refractivity contribution in [3.8, 4) is 0 Å². The maximum absolute atomic E-state index is 12.8. The molecule has 0 saturated carbocycles. The van der Waals surface area contributed by atoms with Crippen molar-refractivity contribution in [1.29, 1.82) is 0 Å². The average molecular weight is 489 g/mol. The first-order chi connectivity index (χ1) is 15.7. The van der Waals surface area contributed by atoms with Crippen LogP contribution in [0.2, 0.25) is 0 Å². The molecule has 0 radical (unpaired) electrons. The number of guanidine groups is 1. The van der Waals surface area contributed by atoms with Crippen molar-refractivity contribution in [2.45, 2.75) is 70.3 Å². The van der Waals surface area contributed by atoms with Gasteiger partial charge in [0, 0.05) is 6.54 Å². The first-order valence-electron chi connectivity index (χ1n) is 10.6. The number of primary amides is 1. The largest absolute Gasteiger partial charge is 0.480 e. The summed E-state index contributed by atoms with van der Waals surface area (Å²) in [7, 11) is 0. The van der Waals surface area contributed by atoms with E-state index < -0.39 is 66.3 Å². The van der Waals surface area contributed by atoms with Crippen LogP contribution >= 0.6 is 0 Å². The molecule has 0 aliphatic carbocycles. The Bertz CT molecular complexity index is 768. The lowest BCUT2D eigenvalue weighted by atomic mass is 10.0. The third-order valence-electron chi connectivity index (χ3n) is 4.68. The minimum atomic E-state index is -1.64. The first kappa shape index (κ1) is 30.5. The Balaban J connectivity index is 5.64. The van der Waals surface area contributed by atoms with Gasteiger partial charge in [0.2, 0.25) is 23.6 Å². The monoisotopic (exact) mass is 488 g/mol. The van der Waals surface area contributed by atoms with Crippen LogP contribution in [0.1, 0.15) is 40.0 Å². The van der Waals surface area contributed by atoms with Gasteiger partial charge in [-0.25, -0.2) is 4.79 Å². The summed E-state index contributed by atoms with van der Waals surface area (Å²) in [6, 6.07) is -5.36. The highest BCUT2D eigenvalue weighted by Gasteiger charge is 2.32. The zero-order chi connectivity index (χ0) is 26.6. The summed E-state index contributed by atoms with van der Waals surface area (Å²) < 4.78 is 0. The van der Waals surface area contributed by atoms with Gasteiger partial charge in [0.15, 0.2) is 12.0 Å². The number of carboxylic acid groups (broad SMARTS) is 1. The van der Waals surface area contributed by atoms with E-state index in [1.807, 2.05) is 0 Å². The molecule has 0 aromatic carbocycles. The van der Waals surface area contributed by atoms with E-state index in [1.165, 1.54) is 6.92 Å². The Morgan fingerprint density at radius 1 is 0.882 bits per heavy atom. The molecule has 0 spiro atoms. The molecule has 5 unspecified atom stereocenters. The molecule has 0 fully saturated rings. The SMILES string of the molecule is CC(C)C(N)C(=O)NC(CC(N)=O)C(=O)NC(CCCN=C(N)N)C(=O)NC(C(=O)O)C(C)O. The van der Waals surface area contributed by atoms with E-state index in [0.717, 1.165) is 0 Å². The van der Waals surface area contributed by atoms with E-state index in [1.54, 1.807) is 13.8 Å². The fraction of sp³-hybridized carbons (Fsp3) is 0.684. The van der Waals surface area contributed by atoms with Gasteiger partial charge < -0.3 is 49.1 Å². The van der Waals surface area contributed by atoms with Gasteiger partial charge in [0.25, 0.3) is 0 Å². The number of nitrogens with zero attached hydrogens (tertiary/aromatic N) is 1. The Hall–Kier alpha value is -3.46. The molecule has 13 N–H and O–H groups in total. The summed E-state index contributed by atoms with van der Waals surface area (Å²) in [6.07, 6.45) is -1.84. The van der Waals surface area contributed by atoms with Crippen LogP contribution in [0.5, 0.6) is 0 Å². The fourth-order valence-electron chi connectivity index (χ4n) is 2.67. The molecule has 5 atom stereocenters. The molecule has 0 aromatic heterocycles. The van der Waals surface area contributed by atoms with E-state index in [4.69, 9.17) is 22.9 Å². The molecule has 0 aliphatic heterocycles. The number of aliphatic carboxylic acids is 1. The standard InChI is InChI=1S/C19H36N8O7/c1-8(2)13(21)17(32)26-11(7-12(20)29)16(31)25-10(5-4-6-24-19(22)23)15(30)27-14(9(3)28)18(33)34/h8-11,13-14,28H,4-7,21H2,1-3H3,(H2,20,29)(H,25,31)(H,26,32)(H,27,30)(H,33,34)(H4,22,23,24). The summed E-state index contributed by atoms with van der Waals surface area (Å²) in [5, 5.41) is 25.7. The van der Waals surface area contributed by atoms with E-state index >= 15 is 0 Å². The smallest absolute Gasteiger partial charge is 0.328 e. The summed E-state index contributed by atoms with van der Waals surface area (Å²) in [5.74, 6) is -5.38. The van der Waals surface area contributed by atoms with Gasteiger partial charge in [-0.2, -0.15) is 0 Å². The Labute approximate surface area is 197 Å². The van der Waals surface area contributed by atoms with Crippen molar-refractivity contribution in [3.63, 3.8) is 0 Å². The number of amides is 4. The van der Waals surface area contributed by atoms with Crippen molar-refractivity contribution in [1.82, 2.24) is 16.0 Å². The van der Waals surface area contributed by atoms with Crippen LogP contribution in [0.25, 0.3) is 0 Å². The number of nitrogens with two attached hydrogens (primary N) is 4. The number of carboxylic acids is 1. The van der Waals surface area contributed by atoms with Gasteiger partial charge in [-0.05, 0) is 25.7 Å². The number of hydrogen-bond donors (Lipinski definition) is 9. The van der Waals surface area contributed by atoms with Crippen LogP contribution < -0.4 is 38.9 Å². The highest BCUT2D eigenvalue weighted by atomic mass is 16.4. The van der Waals surface area contributed by atoms with Crippen LogP contribution in [-0.4, -0.2) is 82.6 Å². The van der Waals surface area contributed by atoms with Crippen molar-refractivity contribution in [2.24, 2.45) is 33.8 Å². The number of rotatable bonds is 15. The summed E-state index contributed by atoms with van der Waals surface area (Å²) >= 11 is 0. The van der Waals surface area contributed by atoms with Gasteiger partial charge >= 0.3 is 5.97 Å². The quantitative estimate of drug-likeness (QED) is 0.0608. The highest BCUT2D eigenvalue weighted by Crippen LogP contribution is 2.05. The lowest BCUT2D eigenvalue weighted by Crippen LogP contribution is -2.59. The Morgan fingerprint density at radius 2 is 1.41 bits per heavy atom. The summed E-state index contributed by atoms with van der Waals surface area (Å²) in [5.41, 5.74) is 21.5. The third kappa shape index (κ3) is 11.4. The molecule has 194 valence electrons. The second-order valence-corrected chi connectivity index (χ2v) is 8.08.